The van der Waals surface area contributed by atoms with Crippen molar-refractivity contribution in [3.63, 3.8) is 0 Å². The smallest absolute Gasteiger partial charge is 0.240 e. The fourth-order valence-corrected chi connectivity index (χ4v) is 2.19. The zero-order valence-corrected chi connectivity index (χ0v) is 11.4. The van der Waals surface area contributed by atoms with Crippen molar-refractivity contribution >= 4 is 5.91 Å². The molecule has 2 heterocycles. The molecule has 1 fully saturated rings. The van der Waals surface area contributed by atoms with Crippen LogP contribution in [0.25, 0.3) is 0 Å². The van der Waals surface area contributed by atoms with E-state index in [-0.39, 0.29) is 12.7 Å². The van der Waals surface area contributed by atoms with E-state index in [4.69, 9.17) is 15.6 Å². The molecule has 1 aliphatic heterocycles. The van der Waals surface area contributed by atoms with Crippen molar-refractivity contribution in [3.05, 3.63) is 11.9 Å². The molecule has 2 unspecified atom stereocenters. The minimum atomic E-state index is -0.665. The molecule has 1 aromatic heterocycles. The lowest BCUT2D eigenvalue weighted by Crippen LogP contribution is -2.38. The molecule has 1 saturated heterocycles. The van der Waals surface area contributed by atoms with E-state index in [0.717, 1.165) is 19.4 Å². The molecule has 0 aromatic carbocycles. The van der Waals surface area contributed by atoms with Gasteiger partial charge in [0.1, 0.15) is 11.7 Å². The number of hydrogen-bond donors (Lipinski definition) is 3. The number of carbonyl (C=O) groups excluding carboxylic acids is 1. The molecular formula is C12H21N5O3. The van der Waals surface area contributed by atoms with E-state index in [0.29, 0.717) is 25.2 Å². The first-order valence-electron chi connectivity index (χ1n) is 6.86. The third-order valence-electron chi connectivity index (χ3n) is 3.26. The standard InChI is InChI=1S/C12H21N5O3/c13-12(19)11(14-7-9-3-1-6-20-9)10-8-17(16-15-10)4-2-5-18/h8-9,11,14,18H,1-7H2,(H2,13,19). The van der Waals surface area contributed by atoms with E-state index in [2.05, 4.69) is 15.6 Å². The number of nitrogens with zero attached hydrogens (tertiary/aromatic N) is 3. The molecule has 1 aromatic rings. The number of amides is 1. The summed E-state index contributed by atoms with van der Waals surface area (Å²) in [5.41, 5.74) is 5.90. The lowest BCUT2D eigenvalue weighted by molar-refractivity contribution is -0.120. The van der Waals surface area contributed by atoms with Crippen LogP contribution in [0.15, 0.2) is 6.20 Å². The van der Waals surface area contributed by atoms with Gasteiger partial charge >= 0.3 is 0 Å². The van der Waals surface area contributed by atoms with Crippen molar-refractivity contribution in [2.75, 3.05) is 19.8 Å². The van der Waals surface area contributed by atoms with Gasteiger partial charge in [-0.25, -0.2) is 0 Å². The molecule has 0 saturated carbocycles. The number of ether oxygens (including phenoxy) is 1. The second kappa shape index (κ2) is 7.32. The molecule has 0 aliphatic carbocycles. The number of nitrogens with one attached hydrogen (secondary N) is 1. The van der Waals surface area contributed by atoms with Crippen molar-refractivity contribution in [1.29, 1.82) is 0 Å². The summed E-state index contributed by atoms with van der Waals surface area (Å²) in [5.74, 6) is -0.489. The van der Waals surface area contributed by atoms with Crippen LogP contribution in [0.1, 0.15) is 31.0 Å². The molecule has 2 rings (SSSR count). The van der Waals surface area contributed by atoms with Crippen molar-refractivity contribution < 1.29 is 14.6 Å². The molecule has 20 heavy (non-hydrogen) atoms. The van der Waals surface area contributed by atoms with E-state index >= 15 is 0 Å². The number of primary amides is 1. The number of aromatic nitrogens is 3. The normalized spacial score (nSPS) is 20.1. The second-order valence-electron chi connectivity index (χ2n) is 4.86. The third kappa shape index (κ3) is 3.99. The van der Waals surface area contributed by atoms with Gasteiger partial charge in [-0.2, -0.15) is 0 Å². The van der Waals surface area contributed by atoms with Crippen LogP contribution < -0.4 is 11.1 Å². The molecule has 0 spiro atoms. The number of rotatable bonds is 8. The van der Waals surface area contributed by atoms with Crippen LogP contribution in [0.5, 0.6) is 0 Å². The van der Waals surface area contributed by atoms with Crippen molar-refractivity contribution in [1.82, 2.24) is 20.3 Å². The fourth-order valence-electron chi connectivity index (χ4n) is 2.19. The molecule has 8 heteroatoms. The van der Waals surface area contributed by atoms with Gasteiger partial charge in [-0.15, -0.1) is 5.10 Å². The molecule has 8 nitrogen and oxygen atoms in total. The second-order valence-corrected chi connectivity index (χ2v) is 4.86. The highest BCUT2D eigenvalue weighted by Gasteiger charge is 2.23. The Morgan fingerprint density at radius 1 is 1.70 bits per heavy atom. The average molecular weight is 283 g/mol. The third-order valence-corrected chi connectivity index (χ3v) is 3.26. The Morgan fingerprint density at radius 2 is 2.55 bits per heavy atom. The van der Waals surface area contributed by atoms with Gasteiger partial charge in [-0.05, 0) is 19.3 Å². The van der Waals surface area contributed by atoms with E-state index in [1.54, 1.807) is 10.9 Å². The molecule has 0 radical (unpaired) electrons. The van der Waals surface area contributed by atoms with Crippen molar-refractivity contribution in [3.8, 4) is 0 Å². The predicted molar refractivity (Wildman–Crippen MR) is 70.6 cm³/mol. The monoisotopic (exact) mass is 283 g/mol. The molecule has 1 aliphatic rings. The fraction of sp³-hybridized carbons (Fsp3) is 0.750. The van der Waals surface area contributed by atoms with Crippen LogP contribution in [0.3, 0.4) is 0 Å². The first kappa shape index (κ1) is 14.9. The topological polar surface area (TPSA) is 115 Å². The van der Waals surface area contributed by atoms with E-state index in [1.807, 2.05) is 0 Å². The van der Waals surface area contributed by atoms with Gasteiger partial charge in [0.15, 0.2) is 0 Å². The van der Waals surface area contributed by atoms with Gasteiger partial charge in [0.2, 0.25) is 5.91 Å². The van der Waals surface area contributed by atoms with E-state index in [1.165, 1.54) is 0 Å². The Balaban J connectivity index is 1.92. The van der Waals surface area contributed by atoms with Gasteiger partial charge in [0.05, 0.1) is 12.3 Å². The Labute approximate surface area is 117 Å². The number of hydrogen-bond acceptors (Lipinski definition) is 6. The summed E-state index contributed by atoms with van der Waals surface area (Å²) in [4.78, 5) is 11.5. The summed E-state index contributed by atoms with van der Waals surface area (Å²) >= 11 is 0. The lowest BCUT2D eigenvalue weighted by atomic mass is 10.2. The van der Waals surface area contributed by atoms with Crippen molar-refractivity contribution in [2.45, 2.75) is 38.0 Å². The highest BCUT2D eigenvalue weighted by Crippen LogP contribution is 2.14. The number of aliphatic hydroxyl groups is 1. The van der Waals surface area contributed by atoms with Gasteiger partial charge in [0.25, 0.3) is 0 Å². The lowest BCUT2D eigenvalue weighted by Gasteiger charge is -2.15. The quantitative estimate of drug-likeness (QED) is 0.561. The van der Waals surface area contributed by atoms with Crippen LogP contribution in [0, 0.1) is 0 Å². The number of nitrogens with two attached hydrogens (primary N) is 1. The van der Waals surface area contributed by atoms with Crippen LogP contribution in [-0.4, -0.2) is 51.9 Å². The average Bonchev–Trinajstić information content (AvgIpc) is 3.07. The maximum absolute atomic E-state index is 11.5. The van der Waals surface area contributed by atoms with Crippen LogP contribution in [0.2, 0.25) is 0 Å². The molecule has 112 valence electrons. The van der Waals surface area contributed by atoms with Gasteiger partial charge in [-0.1, -0.05) is 5.21 Å². The predicted octanol–water partition coefficient (Wildman–Crippen LogP) is -1.04. The summed E-state index contributed by atoms with van der Waals surface area (Å²) in [6, 6.07) is -0.665. The summed E-state index contributed by atoms with van der Waals surface area (Å²) in [6.45, 7) is 1.98. The zero-order chi connectivity index (χ0) is 14.4. The summed E-state index contributed by atoms with van der Waals surface area (Å²) in [7, 11) is 0. The van der Waals surface area contributed by atoms with Gasteiger partial charge in [0, 0.05) is 26.3 Å². The first-order chi connectivity index (χ1) is 9.70. The van der Waals surface area contributed by atoms with Crippen molar-refractivity contribution in [2.24, 2.45) is 5.73 Å². The molecule has 1 amide bonds. The van der Waals surface area contributed by atoms with Crippen LogP contribution in [-0.2, 0) is 16.1 Å². The van der Waals surface area contributed by atoms with Gasteiger partial charge < -0.3 is 15.6 Å². The zero-order valence-electron chi connectivity index (χ0n) is 11.4. The van der Waals surface area contributed by atoms with E-state index < -0.39 is 11.9 Å². The number of carbonyl (C=O) groups is 1. The largest absolute Gasteiger partial charge is 0.396 e. The Morgan fingerprint density at radius 3 is 3.20 bits per heavy atom. The SMILES string of the molecule is NC(=O)C(NCC1CCCO1)c1cn(CCCO)nn1. The molecule has 4 N–H and O–H groups in total. The minimum absolute atomic E-state index is 0.0890. The Hall–Kier alpha value is -1.51. The molecular weight excluding hydrogens is 262 g/mol. The maximum Gasteiger partial charge on any atom is 0.240 e. The van der Waals surface area contributed by atoms with E-state index in [9.17, 15) is 4.79 Å². The Bertz CT molecular complexity index is 430. The minimum Gasteiger partial charge on any atom is -0.396 e. The Kier molecular flexibility index (Phi) is 5.45. The van der Waals surface area contributed by atoms with Crippen LogP contribution in [0.4, 0.5) is 0 Å². The summed E-state index contributed by atoms with van der Waals surface area (Å²) < 4.78 is 7.09. The molecule has 0 bridgehead atoms. The van der Waals surface area contributed by atoms with Gasteiger partial charge in [-0.3, -0.25) is 14.8 Å². The highest BCUT2D eigenvalue weighted by atomic mass is 16.5. The molecule has 2 atom stereocenters. The maximum atomic E-state index is 11.5. The van der Waals surface area contributed by atoms with Crippen LogP contribution >= 0.6 is 0 Å². The number of aliphatic hydroxyl groups excluding tert-OH is 1. The first-order valence-corrected chi connectivity index (χ1v) is 6.86. The summed E-state index contributed by atoms with van der Waals surface area (Å²) in [5, 5.41) is 19.7. The highest BCUT2D eigenvalue weighted by molar-refractivity contribution is 5.80. The number of aryl methyl sites for hydroxylation is 1. The summed E-state index contributed by atoms with van der Waals surface area (Å²) in [6.07, 6.45) is 4.43.